The fourth-order valence-electron chi connectivity index (χ4n) is 2.30. The number of hydrogen-bond donors (Lipinski definition) is 2. The molecule has 1 aromatic rings. The lowest BCUT2D eigenvalue weighted by Gasteiger charge is -2.21. The monoisotopic (exact) mass is 223 g/mol. The van der Waals surface area contributed by atoms with Crippen LogP contribution in [0.3, 0.4) is 0 Å². The van der Waals surface area contributed by atoms with Crippen LogP contribution in [0, 0.1) is 12.8 Å². The Morgan fingerprint density at radius 1 is 1.38 bits per heavy atom. The molecule has 90 valence electrons. The predicted octanol–water partition coefficient (Wildman–Crippen LogP) is 1.41. The Balaban J connectivity index is 1.95. The van der Waals surface area contributed by atoms with Gasteiger partial charge in [-0.15, -0.1) is 0 Å². The number of hydrogen-bond acceptors (Lipinski definition) is 3. The number of methoxy groups -OCH3 is 1. The van der Waals surface area contributed by atoms with Gasteiger partial charge in [0, 0.05) is 19.2 Å². The average molecular weight is 223 g/mol. The highest BCUT2D eigenvalue weighted by Gasteiger charge is 2.16. The van der Waals surface area contributed by atoms with Crippen molar-refractivity contribution < 1.29 is 4.74 Å². The SMILES string of the molecule is COCc1nc(CC2CCNCC2)[nH]c1C. The smallest absolute Gasteiger partial charge is 0.106 e. The number of H-pyrrole nitrogens is 1. The van der Waals surface area contributed by atoms with Crippen LogP contribution in [0.25, 0.3) is 0 Å². The van der Waals surface area contributed by atoms with Crippen molar-refractivity contribution in [1.29, 1.82) is 0 Å². The van der Waals surface area contributed by atoms with E-state index in [1.54, 1.807) is 7.11 Å². The lowest BCUT2D eigenvalue weighted by molar-refractivity contribution is 0.181. The minimum absolute atomic E-state index is 0.606. The highest BCUT2D eigenvalue weighted by molar-refractivity contribution is 5.12. The van der Waals surface area contributed by atoms with Gasteiger partial charge < -0.3 is 15.0 Å². The first-order chi connectivity index (χ1) is 7.79. The molecule has 0 bridgehead atoms. The van der Waals surface area contributed by atoms with Crippen molar-refractivity contribution in [3.63, 3.8) is 0 Å². The fourth-order valence-corrected chi connectivity index (χ4v) is 2.30. The molecular formula is C12H21N3O. The quantitative estimate of drug-likeness (QED) is 0.811. The largest absolute Gasteiger partial charge is 0.378 e. The van der Waals surface area contributed by atoms with Gasteiger partial charge in [0.25, 0.3) is 0 Å². The number of aryl methyl sites for hydroxylation is 1. The van der Waals surface area contributed by atoms with Crippen molar-refractivity contribution in [2.45, 2.75) is 32.8 Å². The van der Waals surface area contributed by atoms with E-state index >= 15 is 0 Å². The van der Waals surface area contributed by atoms with Crippen molar-refractivity contribution in [2.24, 2.45) is 5.92 Å². The summed E-state index contributed by atoms with van der Waals surface area (Å²) in [5.41, 5.74) is 2.19. The molecule has 0 spiro atoms. The molecule has 2 rings (SSSR count). The van der Waals surface area contributed by atoms with Gasteiger partial charge in [-0.05, 0) is 38.8 Å². The van der Waals surface area contributed by atoms with E-state index in [2.05, 4.69) is 22.2 Å². The summed E-state index contributed by atoms with van der Waals surface area (Å²) in [6.07, 6.45) is 3.60. The molecule has 0 amide bonds. The Kier molecular flexibility index (Phi) is 3.96. The topological polar surface area (TPSA) is 49.9 Å². The summed E-state index contributed by atoms with van der Waals surface area (Å²) in [7, 11) is 1.71. The zero-order chi connectivity index (χ0) is 11.4. The van der Waals surface area contributed by atoms with Crippen molar-refractivity contribution >= 4 is 0 Å². The van der Waals surface area contributed by atoms with E-state index in [0.717, 1.165) is 42.6 Å². The predicted molar refractivity (Wildman–Crippen MR) is 63.3 cm³/mol. The van der Waals surface area contributed by atoms with E-state index < -0.39 is 0 Å². The minimum Gasteiger partial charge on any atom is -0.378 e. The number of piperidine rings is 1. The van der Waals surface area contributed by atoms with E-state index in [1.807, 2.05) is 0 Å². The van der Waals surface area contributed by atoms with Crippen LogP contribution in [0.2, 0.25) is 0 Å². The molecule has 1 saturated heterocycles. The lowest BCUT2D eigenvalue weighted by atomic mass is 9.94. The van der Waals surface area contributed by atoms with E-state index in [9.17, 15) is 0 Å². The second-order valence-corrected chi connectivity index (χ2v) is 4.59. The van der Waals surface area contributed by atoms with E-state index in [-0.39, 0.29) is 0 Å². The maximum atomic E-state index is 5.12. The average Bonchev–Trinajstić information content (AvgIpc) is 2.61. The Morgan fingerprint density at radius 2 is 2.12 bits per heavy atom. The highest BCUT2D eigenvalue weighted by Crippen LogP contribution is 2.17. The molecule has 4 nitrogen and oxygen atoms in total. The van der Waals surface area contributed by atoms with Crippen LogP contribution in [0.1, 0.15) is 30.1 Å². The van der Waals surface area contributed by atoms with Crippen molar-refractivity contribution in [1.82, 2.24) is 15.3 Å². The number of ether oxygens (including phenoxy) is 1. The molecule has 0 aromatic carbocycles. The molecule has 0 radical (unpaired) electrons. The van der Waals surface area contributed by atoms with Crippen LogP contribution in [-0.2, 0) is 17.8 Å². The third-order valence-corrected chi connectivity index (χ3v) is 3.26. The van der Waals surface area contributed by atoms with Crippen LogP contribution in [0.5, 0.6) is 0 Å². The summed E-state index contributed by atoms with van der Waals surface area (Å²) in [6.45, 7) is 4.96. The zero-order valence-electron chi connectivity index (χ0n) is 10.2. The molecule has 2 N–H and O–H groups in total. The molecule has 4 heteroatoms. The van der Waals surface area contributed by atoms with Gasteiger partial charge in [0.1, 0.15) is 5.82 Å². The molecule has 0 atom stereocenters. The van der Waals surface area contributed by atoms with Crippen molar-refractivity contribution in [3.8, 4) is 0 Å². The molecular weight excluding hydrogens is 202 g/mol. The summed E-state index contributed by atoms with van der Waals surface area (Å²) < 4.78 is 5.12. The molecule has 1 aliphatic heterocycles. The highest BCUT2D eigenvalue weighted by atomic mass is 16.5. The number of aromatic nitrogens is 2. The summed E-state index contributed by atoms with van der Waals surface area (Å²) in [5, 5.41) is 3.39. The minimum atomic E-state index is 0.606. The molecule has 1 fully saturated rings. The van der Waals surface area contributed by atoms with Gasteiger partial charge in [-0.2, -0.15) is 0 Å². The molecule has 0 saturated carbocycles. The molecule has 0 aliphatic carbocycles. The van der Waals surface area contributed by atoms with Crippen molar-refractivity contribution in [3.05, 3.63) is 17.2 Å². The molecule has 2 heterocycles. The van der Waals surface area contributed by atoms with E-state index in [4.69, 9.17) is 4.74 Å². The zero-order valence-corrected chi connectivity index (χ0v) is 10.2. The maximum absolute atomic E-state index is 5.12. The standard InChI is InChI=1S/C12H21N3O/c1-9-11(8-16-2)15-12(14-9)7-10-3-5-13-6-4-10/h10,13H,3-8H2,1-2H3,(H,14,15). The molecule has 1 aromatic heterocycles. The normalized spacial score (nSPS) is 17.9. The molecule has 0 unspecified atom stereocenters. The second kappa shape index (κ2) is 5.46. The van der Waals surface area contributed by atoms with E-state index in [0.29, 0.717) is 6.61 Å². The fraction of sp³-hybridized carbons (Fsp3) is 0.750. The van der Waals surface area contributed by atoms with Crippen LogP contribution in [0.15, 0.2) is 0 Å². The van der Waals surface area contributed by atoms with Gasteiger partial charge in [-0.25, -0.2) is 4.98 Å². The van der Waals surface area contributed by atoms with E-state index in [1.165, 1.54) is 12.8 Å². The number of rotatable bonds is 4. The maximum Gasteiger partial charge on any atom is 0.106 e. The van der Waals surface area contributed by atoms with Gasteiger partial charge in [0.05, 0.1) is 12.3 Å². The van der Waals surface area contributed by atoms with Crippen LogP contribution >= 0.6 is 0 Å². The Morgan fingerprint density at radius 3 is 2.81 bits per heavy atom. The van der Waals surface area contributed by atoms with Gasteiger partial charge in [0.2, 0.25) is 0 Å². The molecule has 1 aliphatic rings. The van der Waals surface area contributed by atoms with Crippen LogP contribution in [-0.4, -0.2) is 30.2 Å². The Bertz CT molecular complexity index is 329. The number of imidazole rings is 1. The number of aromatic amines is 1. The summed E-state index contributed by atoms with van der Waals surface area (Å²) in [5.74, 6) is 1.90. The van der Waals surface area contributed by atoms with Gasteiger partial charge >= 0.3 is 0 Å². The second-order valence-electron chi connectivity index (χ2n) is 4.59. The van der Waals surface area contributed by atoms with Gasteiger partial charge in [-0.1, -0.05) is 0 Å². The third kappa shape index (κ3) is 2.83. The summed E-state index contributed by atoms with van der Waals surface area (Å²) in [6, 6.07) is 0. The van der Waals surface area contributed by atoms with Gasteiger partial charge in [0.15, 0.2) is 0 Å². The Labute approximate surface area is 96.8 Å². The van der Waals surface area contributed by atoms with Gasteiger partial charge in [-0.3, -0.25) is 0 Å². The summed E-state index contributed by atoms with van der Waals surface area (Å²) in [4.78, 5) is 7.96. The Hall–Kier alpha value is -0.870. The first-order valence-electron chi connectivity index (χ1n) is 6.03. The lowest BCUT2D eigenvalue weighted by Crippen LogP contribution is -2.28. The third-order valence-electron chi connectivity index (χ3n) is 3.26. The number of nitrogens with zero attached hydrogens (tertiary/aromatic N) is 1. The van der Waals surface area contributed by atoms with Crippen LogP contribution < -0.4 is 5.32 Å². The van der Waals surface area contributed by atoms with Crippen LogP contribution in [0.4, 0.5) is 0 Å². The first kappa shape index (κ1) is 11.6. The van der Waals surface area contributed by atoms with Crippen molar-refractivity contribution in [2.75, 3.05) is 20.2 Å². The number of nitrogens with one attached hydrogen (secondary N) is 2. The first-order valence-corrected chi connectivity index (χ1v) is 6.03. The summed E-state index contributed by atoms with van der Waals surface area (Å²) >= 11 is 0. The molecule has 16 heavy (non-hydrogen) atoms.